The van der Waals surface area contributed by atoms with E-state index in [9.17, 15) is 9.90 Å². The van der Waals surface area contributed by atoms with Gasteiger partial charge in [-0.1, -0.05) is 105 Å². The van der Waals surface area contributed by atoms with Crippen LogP contribution in [0.5, 0.6) is 0 Å². The molecule has 1 N–H and O–H groups in total. The third-order valence-corrected chi connectivity index (χ3v) is 10.9. The van der Waals surface area contributed by atoms with Crippen LogP contribution in [0, 0.1) is 29.9 Å². The number of carbonyl (C=O) groups is 1. The van der Waals surface area contributed by atoms with Crippen LogP contribution in [0.4, 0.5) is 0 Å². The standard InChI is InChI=1S/C31H31N2O.C15H28O2.Ir/c1-20(2)15-24-19-28-30(34-24)26(11-13-32-28)22-12-14-33(6)29(18-22)23-16-21-9-7-8-10-25(21)27(17-23)31(3,4)5;1-7-14(5,8-2)12(16)11-13(17)15(6,9-3)10-4;/h7-14,17-20H,6,15H2,1-5H3;11,16H,7-10H2,1-6H3;/q-1;;/b;12-11-;. The fourth-order valence-electron chi connectivity index (χ4n) is 6.32. The monoisotopic (exact) mass is 880 g/mol. The summed E-state index contributed by atoms with van der Waals surface area (Å²) in [6.07, 6.45) is 9.52. The number of benzene rings is 2. The molecule has 0 fully saturated rings. The van der Waals surface area contributed by atoms with Crippen molar-refractivity contribution in [3.63, 3.8) is 0 Å². The molecular formula is C46H59IrN2O3-. The number of aliphatic hydroxyl groups excluding tert-OH is 1. The van der Waals surface area contributed by atoms with Crippen molar-refractivity contribution in [3.05, 3.63) is 103 Å². The van der Waals surface area contributed by atoms with Crippen molar-refractivity contribution < 1.29 is 39.0 Å². The third kappa shape index (κ3) is 9.43. The maximum absolute atomic E-state index is 12.2. The Bertz CT molecular complexity index is 2010. The van der Waals surface area contributed by atoms with Crippen molar-refractivity contribution in [2.75, 3.05) is 0 Å². The predicted molar refractivity (Wildman–Crippen MR) is 213 cm³/mol. The minimum absolute atomic E-state index is 0. The van der Waals surface area contributed by atoms with Crippen LogP contribution in [0.1, 0.15) is 113 Å². The number of rotatable bonds is 11. The maximum Gasteiger partial charge on any atom is 0.164 e. The Hall–Kier alpha value is -3.73. The molecule has 3 heterocycles. The van der Waals surface area contributed by atoms with E-state index in [1.165, 1.54) is 17.0 Å². The largest absolute Gasteiger partial charge is 0.512 e. The molecule has 3 aromatic heterocycles. The van der Waals surface area contributed by atoms with Crippen LogP contribution in [0.2, 0.25) is 0 Å². The molecule has 0 aliphatic heterocycles. The van der Waals surface area contributed by atoms with Crippen molar-refractivity contribution in [2.45, 2.75) is 114 Å². The van der Waals surface area contributed by atoms with Gasteiger partial charge in [-0.15, -0.1) is 29.1 Å². The summed E-state index contributed by atoms with van der Waals surface area (Å²) in [5, 5.41) is 12.5. The van der Waals surface area contributed by atoms with Crippen LogP contribution in [0.25, 0.3) is 44.3 Å². The number of carbonyl (C=O) groups excluding carboxylic acids is 1. The predicted octanol–water partition coefficient (Wildman–Crippen LogP) is 12.2. The number of ketones is 1. The number of pyridine rings is 2. The van der Waals surface area contributed by atoms with Gasteiger partial charge in [0.05, 0.1) is 6.20 Å². The normalized spacial score (nSPS) is 12.5. The van der Waals surface area contributed by atoms with Crippen molar-refractivity contribution in [1.82, 2.24) is 4.98 Å². The molecule has 0 aliphatic rings. The van der Waals surface area contributed by atoms with Gasteiger partial charge in [-0.25, -0.2) is 0 Å². The zero-order valence-electron chi connectivity index (χ0n) is 33.2. The number of hydrogen-bond acceptors (Lipinski definition) is 4. The van der Waals surface area contributed by atoms with Gasteiger partial charge in [0.15, 0.2) is 11.4 Å². The Labute approximate surface area is 326 Å². The second kappa shape index (κ2) is 17.4. The molecule has 0 saturated heterocycles. The van der Waals surface area contributed by atoms with Crippen LogP contribution >= 0.6 is 0 Å². The summed E-state index contributed by atoms with van der Waals surface area (Å²) in [4.78, 5) is 16.7. The first kappa shape index (κ1) is 42.7. The molecule has 5 aromatic rings. The Morgan fingerprint density at radius 3 is 2.17 bits per heavy atom. The minimum Gasteiger partial charge on any atom is -0.512 e. The molecule has 6 heteroatoms. The van der Waals surface area contributed by atoms with E-state index < -0.39 is 0 Å². The van der Waals surface area contributed by atoms with Crippen LogP contribution in [0.3, 0.4) is 0 Å². The Balaban J connectivity index is 0.000000347. The number of allylic oxidation sites excluding steroid dienone is 2. The third-order valence-electron chi connectivity index (χ3n) is 10.9. The number of hydrogen-bond donors (Lipinski definition) is 1. The van der Waals surface area contributed by atoms with Gasteiger partial charge in [0.2, 0.25) is 0 Å². The van der Waals surface area contributed by atoms with Crippen molar-refractivity contribution in [3.8, 4) is 22.4 Å². The number of aliphatic hydroxyl groups is 1. The zero-order valence-corrected chi connectivity index (χ0v) is 35.6. The average molecular weight is 880 g/mol. The molecule has 0 unspecified atom stereocenters. The van der Waals surface area contributed by atoms with Crippen LogP contribution in [-0.2, 0) is 36.7 Å². The van der Waals surface area contributed by atoms with Gasteiger partial charge >= 0.3 is 0 Å². The first-order valence-electron chi connectivity index (χ1n) is 18.7. The van der Waals surface area contributed by atoms with Gasteiger partial charge in [-0.05, 0) is 60.8 Å². The second-order valence-electron chi connectivity index (χ2n) is 16.0. The van der Waals surface area contributed by atoms with E-state index in [-0.39, 0.29) is 47.9 Å². The molecule has 281 valence electrons. The summed E-state index contributed by atoms with van der Waals surface area (Å²) in [6, 6.07) is 22.8. The van der Waals surface area contributed by atoms with E-state index in [0.717, 1.165) is 76.7 Å². The van der Waals surface area contributed by atoms with Gasteiger partial charge in [-0.2, -0.15) is 0 Å². The summed E-state index contributed by atoms with van der Waals surface area (Å²) in [7, 11) is 4.26. The van der Waals surface area contributed by atoms with E-state index in [0.29, 0.717) is 5.92 Å². The van der Waals surface area contributed by atoms with E-state index in [4.69, 9.17) is 4.42 Å². The number of aromatic nitrogens is 2. The van der Waals surface area contributed by atoms with Gasteiger partial charge in [0.1, 0.15) is 22.7 Å². The van der Waals surface area contributed by atoms with Gasteiger partial charge in [-0.3, -0.25) is 9.78 Å². The molecular weight excluding hydrogens is 821 g/mol. The van der Waals surface area contributed by atoms with Crippen molar-refractivity contribution >= 4 is 27.7 Å². The summed E-state index contributed by atoms with van der Waals surface area (Å²) < 4.78 is 8.19. The van der Waals surface area contributed by atoms with Gasteiger partial charge < -0.3 is 14.1 Å². The fourth-order valence-corrected chi connectivity index (χ4v) is 6.32. The fraction of sp³-hybridized carbons (Fsp3) is 0.435. The Kier molecular flexibility index (Phi) is 14.3. The minimum atomic E-state index is -0.337. The zero-order chi connectivity index (χ0) is 37.7. The molecule has 0 spiro atoms. The maximum atomic E-state index is 12.2. The van der Waals surface area contributed by atoms with E-state index in [2.05, 4.69) is 101 Å². The SMILES string of the molecule is CCC(C)(CC)C(=O)/C=C(\O)C(C)(CC)CC.[CH2-][n+]1ccc(-c2ccnc3cc(CC(C)C)oc23)cc1-c1[c-]c2ccccc2c(C(C)(C)C)c1.[Ir]. The van der Waals surface area contributed by atoms with Crippen LogP contribution in [-0.4, -0.2) is 15.9 Å². The number of fused-ring (bicyclic) bond motifs is 2. The number of nitrogens with zero attached hydrogens (tertiary/aromatic N) is 2. The van der Waals surface area contributed by atoms with Crippen molar-refractivity contribution in [1.29, 1.82) is 0 Å². The van der Waals surface area contributed by atoms with Crippen LogP contribution < -0.4 is 4.57 Å². The molecule has 0 atom stereocenters. The molecule has 5 nitrogen and oxygen atoms in total. The number of furan rings is 1. The average Bonchev–Trinajstić information content (AvgIpc) is 3.52. The van der Waals surface area contributed by atoms with Crippen molar-refractivity contribution in [2.24, 2.45) is 16.7 Å². The van der Waals surface area contributed by atoms with Crippen LogP contribution in [0.15, 0.2) is 83.2 Å². The smallest absolute Gasteiger partial charge is 0.164 e. The molecule has 0 amide bonds. The summed E-state index contributed by atoms with van der Waals surface area (Å²) in [6.45, 7) is 23.2. The summed E-state index contributed by atoms with van der Waals surface area (Å²) in [5.41, 5.74) is 6.60. The van der Waals surface area contributed by atoms with E-state index >= 15 is 0 Å². The molecule has 2 aromatic carbocycles. The molecule has 0 bridgehead atoms. The quantitative estimate of drug-likeness (QED) is 0.0621. The molecule has 5 rings (SSSR count). The van der Waals surface area contributed by atoms with E-state index in [1.54, 1.807) is 0 Å². The Morgan fingerprint density at radius 1 is 0.942 bits per heavy atom. The second-order valence-corrected chi connectivity index (χ2v) is 16.0. The summed E-state index contributed by atoms with van der Waals surface area (Å²) in [5.74, 6) is 1.79. The Morgan fingerprint density at radius 2 is 1.58 bits per heavy atom. The molecule has 1 radical (unpaired) electrons. The first-order valence-corrected chi connectivity index (χ1v) is 18.7. The summed E-state index contributed by atoms with van der Waals surface area (Å²) >= 11 is 0. The van der Waals surface area contributed by atoms with E-state index in [1.807, 2.05) is 64.6 Å². The molecule has 52 heavy (non-hydrogen) atoms. The molecule has 0 aliphatic carbocycles. The topological polar surface area (TPSA) is 67.2 Å². The van der Waals surface area contributed by atoms with Gasteiger partial charge in [0.25, 0.3) is 0 Å². The molecule has 0 saturated carbocycles. The first-order chi connectivity index (χ1) is 24.0. The van der Waals surface area contributed by atoms with Gasteiger partial charge in [0, 0.05) is 68.3 Å².